The molecular formula is C27H29ClF2N8. The van der Waals surface area contributed by atoms with Crippen molar-refractivity contribution >= 4 is 22.6 Å². The van der Waals surface area contributed by atoms with Crippen LogP contribution in [0.5, 0.6) is 0 Å². The van der Waals surface area contributed by atoms with Gasteiger partial charge in [0, 0.05) is 73.2 Å². The number of rotatable bonds is 6. The topological polar surface area (TPSA) is 91.9 Å². The zero-order valence-electron chi connectivity index (χ0n) is 20.8. The highest BCUT2D eigenvalue weighted by molar-refractivity contribution is 6.31. The van der Waals surface area contributed by atoms with E-state index in [4.69, 9.17) is 22.4 Å². The first kappa shape index (κ1) is 24.1. The summed E-state index contributed by atoms with van der Waals surface area (Å²) in [6.07, 6.45) is 11.5. The Bertz CT molecular complexity index is 1480. The van der Waals surface area contributed by atoms with Gasteiger partial charge in [0.1, 0.15) is 29.1 Å². The molecule has 3 fully saturated rings. The van der Waals surface area contributed by atoms with E-state index in [9.17, 15) is 8.78 Å². The van der Waals surface area contributed by atoms with Crippen molar-refractivity contribution in [3.63, 3.8) is 0 Å². The Hall–Kier alpha value is -2.92. The minimum Gasteiger partial charge on any atom is -0.346 e. The highest BCUT2D eigenvalue weighted by Gasteiger charge is 2.50. The zero-order valence-corrected chi connectivity index (χ0v) is 21.6. The van der Waals surface area contributed by atoms with Crippen LogP contribution in [-0.4, -0.2) is 72.3 Å². The molecule has 3 aliphatic rings. The van der Waals surface area contributed by atoms with E-state index in [1.165, 1.54) is 6.07 Å². The summed E-state index contributed by atoms with van der Waals surface area (Å²) in [6.45, 7) is 2.52. The molecule has 7 rings (SSSR count). The van der Waals surface area contributed by atoms with Crippen LogP contribution < -0.4 is 5.73 Å². The quantitative estimate of drug-likeness (QED) is 0.362. The van der Waals surface area contributed by atoms with Gasteiger partial charge < -0.3 is 10.7 Å². The van der Waals surface area contributed by atoms with Gasteiger partial charge >= 0.3 is 0 Å². The number of hydrogen-bond acceptors (Lipinski definition) is 6. The first-order chi connectivity index (χ1) is 18.5. The van der Waals surface area contributed by atoms with Gasteiger partial charge in [0.25, 0.3) is 0 Å². The average Bonchev–Trinajstić information content (AvgIpc) is 3.62. The van der Waals surface area contributed by atoms with E-state index in [2.05, 4.69) is 24.8 Å². The second-order valence-electron chi connectivity index (χ2n) is 11.0. The Labute approximate surface area is 223 Å². The lowest BCUT2D eigenvalue weighted by Crippen LogP contribution is -2.69. The van der Waals surface area contributed by atoms with Gasteiger partial charge in [-0.25, -0.2) is 18.7 Å². The second kappa shape index (κ2) is 9.08. The summed E-state index contributed by atoms with van der Waals surface area (Å²) in [5.74, 6) is -1.01. The first-order valence-electron chi connectivity index (χ1n) is 13.1. The molecule has 3 aliphatic heterocycles. The lowest BCUT2D eigenvalue weighted by molar-refractivity contribution is -0.0536. The third kappa shape index (κ3) is 3.77. The van der Waals surface area contributed by atoms with Crippen molar-refractivity contribution in [3.05, 3.63) is 65.3 Å². The first-order valence-corrected chi connectivity index (χ1v) is 13.5. The van der Waals surface area contributed by atoms with E-state index < -0.39 is 11.6 Å². The number of H-pyrrole nitrogens is 1. The third-order valence-corrected chi connectivity index (χ3v) is 9.33. The molecule has 3 saturated heterocycles. The standard InChI is InChI=1S/C27H29ClF2N8/c28-24-21(22(29)3-4-23(24)30)11-37-17-1-2-18(37)8-19(7-17)36-13-27(12-31,14-36)38-10-16(9-35-38)25-20-5-6-32-26(20)34-15-33-25/h3-6,9-10,15,17-19H,1-2,7-8,11-14,31H2,(H,32,33,34). The van der Waals surface area contributed by atoms with Crippen molar-refractivity contribution in [3.8, 4) is 11.3 Å². The normalized spacial score (nSPS) is 25.2. The summed E-state index contributed by atoms with van der Waals surface area (Å²) in [5, 5.41) is 5.57. The maximum absolute atomic E-state index is 14.5. The van der Waals surface area contributed by atoms with Gasteiger partial charge in [-0.15, -0.1) is 0 Å². The van der Waals surface area contributed by atoms with Crippen LogP contribution in [0.25, 0.3) is 22.3 Å². The summed E-state index contributed by atoms with van der Waals surface area (Å²) >= 11 is 6.13. The molecule has 0 aliphatic carbocycles. The van der Waals surface area contributed by atoms with E-state index in [1.807, 2.05) is 29.3 Å². The number of nitrogens with one attached hydrogen (secondary N) is 1. The minimum atomic E-state index is -0.567. The Balaban J connectivity index is 1.05. The average molecular weight is 539 g/mol. The van der Waals surface area contributed by atoms with Gasteiger partial charge in [-0.05, 0) is 43.9 Å². The van der Waals surface area contributed by atoms with Gasteiger partial charge in [-0.1, -0.05) is 11.6 Å². The van der Waals surface area contributed by atoms with E-state index in [-0.39, 0.29) is 16.1 Å². The molecule has 38 heavy (non-hydrogen) atoms. The van der Waals surface area contributed by atoms with Crippen LogP contribution in [0, 0.1) is 11.6 Å². The smallest absolute Gasteiger partial charge is 0.142 e. The van der Waals surface area contributed by atoms with Crippen molar-refractivity contribution in [1.82, 2.24) is 34.5 Å². The van der Waals surface area contributed by atoms with E-state index in [0.717, 1.165) is 67.1 Å². The maximum Gasteiger partial charge on any atom is 0.142 e. The fourth-order valence-corrected chi connectivity index (χ4v) is 7.05. The van der Waals surface area contributed by atoms with Gasteiger partial charge in [-0.3, -0.25) is 14.5 Å². The lowest BCUT2D eigenvalue weighted by Gasteiger charge is -2.55. The van der Waals surface area contributed by atoms with Crippen LogP contribution in [-0.2, 0) is 12.1 Å². The number of nitrogens with two attached hydrogens (primary N) is 1. The molecule has 6 heterocycles. The van der Waals surface area contributed by atoms with E-state index in [1.54, 1.807) is 6.33 Å². The third-order valence-electron chi connectivity index (χ3n) is 8.93. The number of likely N-dealkylation sites (tertiary alicyclic amines) is 1. The second-order valence-corrected chi connectivity index (χ2v) is 11.4. The van der Waals surface area contributed by atoms with Crippen LogP contribution in [0.2, 0.25) is 5.02 Å². The van der Waals surface area contributed by atoms with Crippen molar-refractivity contribution in [2.75, 3.05) is 19.6 Å². The van der Waals surface area contributed by atoms with Crippen molar-refractivity contribution in [2.24, 2.45) is 5.73 Å². The number of nitrogens with zero attached hydrogens (tertiary/aromatic N) is 6. The lowest BCUT2D eigenvalue weighted by atomic mass is 9.84. The van der Waals surface area contributed by atoms with Crippen LogP contribution in [0.4, 0.5) is 8.78 Å². The number of fused-ring (bicyclic) bond motifs is 3. The largest absolute Gasteiger partial charge is 0.346 e. The van der Waals surface area contributed by atoms with E-state index >= 15 is 0 Å². The summed E-state index contributed by atoms with van der Waals surface area (Å²) in [4.78, 5) is 16.8. The predicted molar refractivity (Wildman–Crippen MR) is 140 cm³/mol. The molecule has 2 atom stereocenters. The molecule has 0 amide bonds. The van der Waals surface area contributed by atoms with Gasteiger partial charge in [0.2, 0.25) is 0 Å². The van der Waals surface area contributed by atoms with Crippen molar-refractivity contribution in [1.29, 1.82) is 0 Å². The number of hydrogen-bond donors (Lipinski definition) is 2. The van der Waals surface area contributed by atoms with Gasteiger partial charge in [0.15, 0.2) is 0 Å². The number of aromatic amines is 1. The van der Waals surface area contributed by atoms with Crippen LogP contribution >= 0.6 is 11.6 Å². The number of benzene rings is 1. The SMILES string of the molecule is NCC1(n2cc(-c3ncnc4[nH]ccc34)cn2)CN(C2CC3CCC(C2)N3Cc2c(F)ccc(F)c2Cl)C1. The summed E-state index contributed by atoms with van der Waals surface area (Å²) in [5.41, 5.74) is 8.93. The molecule has 0 spiro atoms. The predicted octanol–water partition coefficient (Wildman–Crippen LogP) is 3.92. The fourth-order valence-electron chi connectivity index (χ4n) is 6.84. The fraction of sp³-hybridized carbons (Fsp3) is 0.444. The van der Waals surface area contributed by atoms with Crippen LogP contribution in [0.1, 0.15) is 31.2 Å². The molecule has 3 aromatic heterocycles. The van der Waals surface area contributed by atoms with E-state index in [0.29, 0.717) is 31.2 Å². The summed E-state index contributed by atoms with van der Waals surface area (Å²) in [6, 6.07) is 5.35. The Morgan fingerprint density at radius 1 is 1.05 bits per heavy atom. The summed E-state index contributed by atoms with van der Waals surface area (Å²) < 4.78 is 30.5. The maximum atomic E-state index is 14.5. The molecule has 0 radical (unpaired) electrons. The minimum absolute atomic E-state index is 0.0974. The van der Waals surface area contributed by atoms with Gasteiger partial charge in [-0.2, -0.15) is 5.10 Å². The highest BCUT2D eigenvalue weighted by Crippen LogP contribution is 2.43. The molecule has 0 saturated carbocycles. The molecule has 1 aromatic carbocycles. The number of piperidine rings is 1. The molecule has 8 nitrogen and oxygen atoms in total. The highest BCUT2D eigenvalue weighted by atomic mass is 35.5. The molecule has 198 valence electrons. The Kier molecular flexibility index (Phi) is 5.77. The number of halogens is 3. The Morgan fingerprint density at radius 3 is 2.58 bits per heavy atom. The van der Waals surface area contributed by atoms with Crippen molar-refractivity contribution in [2.45, 2.75) is 55.9 Å². The monoisotopic (exact) mass is 538 g/mol. The molecule has 4 aromatic rings. The van der Waals surface area contributed by atoms with Crippen molar-refractivity contribution < 1.29 is 8.78 Å². The Morgan fingerprint density at radius 2 is 1.82 bits per heavy atom. The molecule has 3 N–H and O–H groups in total. The molecule has 2 unspecified atom stereocenters. The van der Waals surface area contributed by atoms with Gasteiger partial charge in [0.05, 0.1) is 16.9 Å². The van der Waals surface area contributed by atoms with Crippen LogP contribution in [0.15, 0.2) is 43.1 Å². The molecular weight excluding hydrogens is 510 g/mol. The number of aromatic nitrogens is 5. The molecule has 2 bridgehead atoms. The van der Waals surface area contributed by atoms with Crippen LogP contribution in [0.3, 0.4) is 0 Å². The molecule has 11 heteroatoms. The summed E-state index contributed by atoms with van der Waals surface area (Å²) in [7, 11) is 0. The zero-order chi connectivity index (χ0) is 26.0.